The molecule has 0 saturated heterocycles. The smallest absolute Gasteiger partial charge is 0.105 e. The Morgan fingerprint density at radius 1 is 1.12 bits per heavy atom. The normalized spacial score (nSPS) is 11.1. The first kappa shape index (κ1) is 12.0. The lowest BCUT2D eigenvalue weighted by Gasteiger charge is -2.11. The highest BCUT2D eigenvalue weighted by Crippen LogP contribution is 2.16. The lowest BCUT2D eigenvalue weighted by molar-refractivity contribution is 0.621. The van der Waals surface area contributed by atoms with Gasteiger partial charge in [0.25, 0.3) is 0 Å². The van der Waals surface area contributed by atoms with Gasteiger partial charge in [0.15, 0.2) is 0 Å². The molecule has 0 aliphatic rings. The maximum Gasteiger partial charge on any atom is 0.105 e. The van der Waals surface area contributed by atoms with Crippen molar-refractivity contribution in [2.24, 2.45) is 0 Å². The third kappa shape index (κ3) is 2.78. The average Bonchev–Trinajstić information content (AvgIpc) is 2.67. The van der Waals surface area contributed by atoms with Crippen molar-refractivity contribution in [3.05, 3.63) is 35.3 Å². The number of imidazole rings is 1. The van der Waals surface area contributed by atoms with E-state index in [9.17, 15) is 5.21 Å². The Bertz CT molecular complexity index is 476. The van der Waals surface area contributed by atoms with E-state index < -0.39 is 0 Å². The minimum atomic E-state index is 0.669. The molecular formula is C14H19N2O-. The van der Waals surface area contributed by atoms with Crippen LogP contribution >= 0.6 is 0 Å². The molecular weight excluding hydrogens is 212 g/mol. The van der Waals surface area contributed by atoms with E-state index in [0.717, 1.165) is 23.1 Å². The topological polar surface area (TPSA) is 40.9 Å². The molecule has 92 valence electrons. The maximum absolute atomic E-state index is 11.9. The number of aryl methyl sites for hydroxylation is 1. The second kappa shape index (κ2) is 5.71. The van der Waals surface area contributed by atoms with Crippen molar-refractivity contribution in [1.29, 1.82) is 0 Å². The summed E-state index contributed by atoms with van der Waals surface area (Å²) in [4.78, 5) is 4.38. The molecule has 0 spiro atoms. The fourth-order valence-corrected chi connectivity index (χ4v) is 2.10. The predicted molar refractivity (Wildman–Crippen MR) is 71.0 cm³/mol. The molecule has 0 amide bonds. The van der Waals surface area contributed by atoms with Crippen LogP contribution in [0.3, 0.4) is 0 Å². The zero-order chi connectivity index (χ0) is 12.1. The van der Waals surface area contributed by atoms with E-state index >= 15 is 0 Å². The Hall–Kier alpha value is -1.51. The van der Waals surface area contributed by atoms with Crippen molar-refractivity contribution >= 4 is 11.0 Å². The molecule has 1 aromatic carbocycles. The summed E-state index contributed by atoms with van der Waals surface area (Å²) in [7, 11) is 0. The van der Waals surface area contributed by atoms with Crippen LogP contribution in [0.15, 0.2) is 24.3 Å². The minimum Gasteiger partial charge on any atom is -0.804 e. The Balaban J connectivity index is 1.97. The molecule has 2 rings (SSSR count). The number of hydrogen-bond donors (Lipinski definition) is 0. The van der Waals surface area contributed by atoms with Crippen LogP contribution in [0.4, 0.5) is 0 Å². The number of hydrogen-bond acceptors (Lipinski definition) is 2. The monoisotopic (exact) mass is 231 g/mol. The summed E-state index contributed by atoms with van der Waals surface area (Å²) in [5.74, 6) is 0.669. The summed E-state index contributed by atoms with van der Waals surface area (Å²) in [6, 6.07) is 7.52. The molecule has 1 aromatic heterocycles. The number of unbranched alkanes of at least 4 members (excludes halogenated alkanes) is 4. The number of nitrogens with zero attached hydrogens (tertiary/aromatic N) is 2. The Morgan fingerprint density at radius 2 is 1.88 bits per heavy atom. The van der Waals surface area contributed by atoms with Gasteiger partial charge < -0.3 is 9.94 Å². The summed E-state index contributed by atoms with van der Waals surface area (Å²) in [6.07, 6.45) is 6.84. The number of benzene rings is 1. The lowest BCUT2D eigenvalue weighted by atomic mass is 10.1. The van der Waals surface area contributed by atoms with Crippen LogP contribution in [-0.2, 0) is 6.42 Å². The van der Waals surface area contributed by atoms with Gasteiger partial charge in [-0.15, -0.1) is 0 Å². The zero-order valence-electron chi connectivity index (χ0n) is 10.4. The van der Waals surface area contributed by atoms with Gasteiger partial charge in [-0.05, 0) is 18.6 Å². The van der Waals surface area contributed by atoms with Crippen molar-refractivity contribution in [3.63, 3.8) is 0 Å². The second-order valence-corrected chi connectivity index (χ2v) is 4.48. The largest absolute Gasteiger partial charge is 0.804 e. The van der Waals surface area contributed by atoms with Crippen molar-refractivity contribution in [3.8, 4) is 0 Å². The number of para-hydroxylation sites is 2. The predicted octanol–water partition coefficient (Wildman–Crippen LogP) is 3.90. The molecule has 0 N–H and O–H groups in total. The summed E-state index contributed by atoms with van der Waals surface area (Å²) >= 11 is 0. The highest BCUT2D eigenvalue weighted by atomic mass is 16.5. The van der Waals surface area contributed by atoms with E-state index in [0.29, 0.717) is 11.3 Å². The van der Waals surface area contributed by atoms with Crippen molar-refractivity contribution < 1.29 is 0 Å². The summed E-state index contributed by atoms with van der Waals surface area (Å²) in [6.45, 7) is 2.21. The molecule has 0 bridgehead atoms. The SMILES string of the molecule is CCCCCCCc1nc2ccccc2n1[O-]. The van der Waals surface area contributed by atoms with Crippen molar-refractivity contribution in [2.75, 3.05) is 0 Å². The Kier molecular flexibility index (Phi) is 4.02. The highest BCUT2D eigenvalue weighted by Gasteiger charge is 2.03. The van der Waals surface area contributed by atoms with Gasteiger partial charge in [-0.3, -0.25) is 0 Å². The highest BCUT2D eigenvalue weighted by molar-refractivity contribution is 5.76. The first-order chi connectivity index (χ1) is 8.33. The van der Waals surface area contributed by atoms with E-state index in [1.165, 1.54) is 25.7 Å². The summed E-state index contributed by atoms with van der Waals surface area (Å²) < 4.78 is 0.981. The molecule has 2 aromatic rings. The molecule has 0 unspecified atom stereocenters. The van der Waals surface area contributed by atoms with Crippen molar-refractivity contribution in [2.45, 2.75) is 45.4 Å². The van der Waals surface area contributed by atoms with E-state index in [-0.39, 0.29) is 0 Å². The van der Waals surface area contributed by atoms with Gasteiger partial charge in [0.05, 0.1) is 11.0 Å². The van der Waals surface area contributed by atoms with E-state index in [1.807, 2.05) is 24.3 Å². The van der Waals surface area contributed by atoms with Crippen molar-refractivity contribution in [1.82, 2.24) is 9.71 Å². The van der Waals surface area contributed by atoms with Crippen LogP contribution in [-0.4, -0.2) is 9.71 Å². The first-order valence-corrected chi connectivity index (χ1v) is 6.47. The Morgan fingerprint density at radius 3 is 2.65 bits per heavy atom. The molecule has 0 fully saturated rings. The molecule has 0 atom stereocenters. The van der Waals surface area contributed by atoms with Crippen LogP contribution < -0.4 is 0 Å². The second-order valence-electron chi connectivity index (χ2n) is 4.48. The third-order valence-electron chi connectivity index (χ3n) is 3.09. The first-order valence-electron chi connectivity index (χ1n) is 6.47. The molecule has 1 heterocycles. The van der Waals surface area contributed by atoms with Gasteiger partial charge in [0.1, 0.15) is 5.82 Å². The molecule has 0 aliphatic carbocycles. The third-order valence-corrected chi connectivity index (χ3v) is 3.09. The maximum atomic E-state index is 11.9. The van der Waals surface area contributed by atoms with E-state index in [2.05, 4.69) is 11.9 Å². The molecule has 0 radical (unpaired) electrons. The summed E-state index contributed by atoms with van der Waals surface area (Å²) in [5.41, 5.74) is 1.50. The summed E-state index contributed by atoms with van der Waals surface area (Å²) in [5, 5.41) is 11.9. The van der Waals surface area contributed by atoms with E-state index in [1.54, 1.807) is 0 Å². The van der Waals surface area contributed by atoms with Crippen LogP contribution in [0, 0.1) is 5.21 Å². The van der Waals surface area contributed by atoms with Crippen LogP contribution in [0.5, 0.6) is 0 Å². The average molecular weight is 231 g/mol. The minimum absolute atomic E-state index is 0.669. The molecule has 3 heteroatoms. The van der Waals surface area contributed by atoms with Gasteiger partial charge in [0.2, 0.25) is 0 Å². The van der Waals surface area contributed by atoms with Gasteiger partial charge >= 0.3 is 0 Å². The van der Waals surface area contributed by atoms with Gasteiger partial charge in [-0.25, -0.2) is 4.98 Å². The fraction of sp³-hybridized carbons (Fsp3) is 0.500. The standard InChI is InChI=1S/C14H19N2O/c1-2-3-4-5-6-11-14-15-12-9-7-8-10-13(12)16(14)17/h7-10H,2-6,11H2,1H3/q-1. The zero-order valence-corrected chi connectivity index (χ0v) is 10.4. The lowest BCUT2D eigenvalue weighted by Crippen LogP contribution is -1.96. The molecule has 0 saturated carbocycles. The van der Waals surface area contributed by atoms with Gasteiger partial charge in [0, 0.05) is 6.42 Å². The number of fused-ring (bicyclic) bond motifs is 1. The number of aromatic nitrogens is 2. The Labute approximate surface area is 102 Å². The van der Waals surface area contributed by atoms with Gasteiger partial charge in [-0.2, -0.15) is 0 Å². The van der Waals surface area contributed by atoms with Crippen LogP contribution in [0.1, 0.15) is 44.9 Å². The quantitative estimate of drug-likeness (QED) is 0.707. The van der Waals surface area contributed by atoms with E-state index in [4.69, 9.17) is 0 Å². The van der Waals surface area contributed by atoms with Crippen LogP contribution in [0.2, 0.25) is 0 Å². The van der Waals surface area contributed by atoms with Crippen LogP contribution in [0.25, 0.3) is 11.0 Å². The molecule has 0 aliphatic heterocycles. The molecule has 3 nitrogen and oxygen atoms in total. The molecule has 17 heavy (non-hydrogen) atoms. The number of rotatable bonds is 6. The fourth-order valence-electron chi connectivity index (χ4n) is 2.10. The van der Waals surface area contributed by atoms with Gasteiger partial charge in [-0.1, -0.05) is 44.7 Å².